The van der Waals surface area contributed by atoms with Gasteiger partial charge in [-0.25, -0.2) is 4.79 Å². The van der Waals surface area contributed by atoms with Crippen LogP contribution in [0.4, 0.5) is 0 Å². The van der Waals surface area contributed by atoms with Crippen LogP contribution in [0.5, 0.6) is 0 Å². The molecular weight excluding hydrogens is 148 g/mol. The summed E-state index contributed by atoms with van der Waals surface area (Å²) in [7, 11) is 0. The van der Waals surface area contributed by atoms with Gasteiger partial charge >= 0.3 is 5.97 Å². The number of carbonyl (C=O) groups is 1. The minimum Gasteiger partial charge on any atom is -0.480 e. The van der Waals surface area contributed by atoms with Crippen LogP contribution in [0.25, 0.3) is 0 Å². The standard InChI is InChI=1S/C5H10O3.C2H6O/c1-4(2)8-3-5(6)7;1-2-3/h4H,3H2,1-2H3,(H,6,7);3H,2H2,1H3. The average Bonchev–Trinajstić information content (AvgIpc) is 1.85. The van der Waals surface area contributed by atoms with Gasteiger partial charge in [-0.05, 0) is 20.8 Å². The molecule has 0 aliphatic carbocycles. The van der Waals surface area contributed by atoms with Crippen molar-refractivity contribution in [3.05, 3.63) is 0 Å². The third kappa shape index (κ3) is 26.6. The lowest BCUT2D eigenvalue weighted by Crippen LogP contribution is -2.11. The molecule has 0 unspecified atom stereocenters. The zero-order valence-electron chi connectivity index (χ0n) is 7.20. The lowest BCUT2D eigenvalue weighted by atomic mass is 10.5. The van der Waals surface area contributed by atoms with Crippen LogP contribution in [-0.2, 0) is 9.53 Å². The highest BCUT2D eigenvalue weighted by molar-refractivity contribution is 5.67. The molecule has 0 heterocycles. The molecule has 0 saturated heterocycles. The van der Waals surface area contributed by atoms with Crippen molar-refractivity contribution in [1.29, 1.82) is 0 Å². The van der Waals surface area contributed by atoms with E-state index in [1.807, 2.05) is 0 Å². The van der Waals surface area contributed by atoms with Gasteiger partial charge in [-0.2, -0.15) is 0 Å². The second-order valence-electron chi connectivity index (χ2n) is 2.07. The molecule has 0 amide bonds. The summed E-state index contributed by atoms with van der Waals surface area (Å²) in [6.07, 6.45) is 0.00565. The Morgan fingerprint density at radius 2 is 1.91 bits per heavy atom. The van der Waals surface area contributed by atoms with Crippen LogP contribution < -0.4 is 0 Å². The Morgan fingerprint density at radius 3 is 2.00 bits per heavy atom. The van der Waals surface area contributed by atoms with Crippen molar-refractivity contribution < 1.29 is 19.7 Å². The van der Waals surface area contributed by atoms with Gasteiger partial charge in [0.1, 0.15) is 6.61 Å². The highest BCUT2D eigenvalue weighted by atomic mass is 16.5. The molecule has 2 N–H and O–H groups in total. The van der Waals surface area contributed by atoms with Crippen LogP contribution in [0.15, 0.2) is 0 Å². The number of aliphatic carboxylic acids is 1. The van der Waals surface area contributed by atoms with E-state index in [4.69, 9.17) is 14.9 Å². The summed E-state index contributed by atoms with van der Waals surface area (Å²) in [5.74, 6) is -0.918. The smallest absolute Gasteiger partial charge is 0.329 e. The summed E-state index contributed by atoms with van der Waals surface area (Å²) < 4.78 is 4.70. The van der Waals surface area contributed by atoms with Gasteiger partial charge in [0, 0.05) is 6.61 Å². The van der Waals surface area contributed by atoms with E-state index in [-0.39, 0.29) is 19.3 Å². The van der Waals surface area contributed by atoms with Crippen molar-refractivity contribution >= 4 is 5.97 Å². The summed E-state index contributed by atoms with van der Waals surface area (Å²) in [6.45, 7) is 5.32. The van der Waals surface area contributed by atoms with Gasteiger partial charge in [0.05, 0.1) is 6.10 Å². The first-order valence-electron chi connectivity index (χ1n) is 3.48. The number of ether oxygens (including phenoxy) is 1. The quantitative estimate of drug-likeness (QED) is 0.637. The van der Waals surface area contributed by atoms with Crippen molar-refractivity contribution in [3.8, 4) is 0 Å². The molecule has 4 nitrogen and oxygen atoms in total. The number of aliphatic hydroxyl groups excluding tert-OH is 1. The van der Waals surface area contributed by atoms with Crippen LogP contribution in [-0.4, -0.2) is 35.5 Å². The SMILES string of the molecule is CC(C)OCC(=O)O.CCO. The molecule has 4 heteroatoms. The lowest BCUT2D eigenvalue weighted by Gasteiger charge is -2.01. The second-order valence-corrected chi connectivity index (χ2v) is 2.07. The maximum absolute atomic E-state index is 9.78. The Labute approximate surface area is 66.8 Å². The van der Waals surface area contributed by atoms with E-state index in [1.54, 1.807) is 20.8 Å². The molecule has 0 rings (SSSR count). The van der Waals surface area contributed by atoms with E-state index in [1.165, 1.54) is 0 Å². The summed E-state index contributed by atoms with van der Waals surface area (Å²) >= 11 is 0. The van der Waals surface area contributed by atoms with Gasteiger partial charge in [0.15, 0.2) is 0 Å². The number of hydrogen-bond donors (Lipinski definition) is 2. The first-order valence-corrected chi connectivity index (χ1v) is 3.48. The summed E-state index contributed by atoms with van der Waals surface area (Å²) in [5.41, 5.74) is 0. The highest BCUT2D eigenvalue weighted by Gasteiger charge is 1.97. The van der Waals surface area contributed by atoms with E-state index in [9.17, 15) is 4.79 Å². The maximum atomic E-state index is 9.78. The number of carboxylic acid groups (broad SMARTS) is 1. The Hall–Kier alpha value is -0.610. The number of hydrogen-bond acceptors (Lipinski definition) is 3. The predicted octanol–water partition coefficient (Wildman–Crippen LogP) is 0.495. The molecule has 0 aromatic heterocycles. The van der Waals surface area contributed by atoms with E-state index in [0.29, 0.717) is 0 Å². The Bertz CT molecular complexity index is 90.4. The van der Waals surface area contributed by atoms with Crippen molar-refractivity contribution in [2.75, 3.05) is 13.2 Å². The molecule has 0 spiro atoms. The Balaban J connectivity index is 0. The van der Waals surface area contributed by atoms with Crippen molar-refractivity contribution in [2.24, 2.45) is 0 Å². The van der Waals surface area contributed by atoms with E-state index in [2.05, 4.69) is 0 Å². The first-order chi connectivity index (χ1) is 5.04. The lowest BCUT2D eigenvalue weighted by molar-refractivity contribution is -0.143. The summed E-state index contributed by atoms with van der Waals surface area (Å²) in [6, 6.07) is 0. The average molecular weight is 164 g/mol. The molecule has 11 heavy (non-hydrogen) atoms. The molecule has 0 fully saturated rings. The molecule has 0 aromatic rings. The van der Waals surface area contributed by atoms with E-state index >= 15 is 0 Å². The largest absolute Gasteiger partial charge is 0.480 e. The van der Waals surface area contributed by atoms with Crippen molar-refractivity contribution in [3.63, 3.8) is 0 Å². The van der Waals surface area contributed by atoms with Crippen molar-refractivity contribution in [1.82, 2.24) is 0 Å². The van der Waals surface area contributed by atoms with Gasteiger partial charge in [-0.15, -0.1) is 0 Å². The maximum Gasteiger partial charge on any atom is 0.329 e. The number of aliphatic hydroxyl groups is 1. The Morgan fingerprint density at radius 1 is 1.55 bits per heavy atom. The number of rotatable bonds is 3. The first kappa shape index (κ1) is 13.0. The number of carboxylic acids is 1. The normalized spacial score (nSPS) is 8.82. The molecule has 0 aliphatic heterocycles. The topological polar surface area (TPSA) is 66.8 Å². The molecule has 0 aromatic carbocycles. The molecule has 68 valence electrons. The molecule has 0 bridgehead atoms. The minimum atomic E-state index is -0.918. The van der Waals surface area contributed by atoms with Crippen LogP contribution in [0, 0.1) is 0 Å². The zero-order chi connectivity index (χ0) is 9.28. The van der Waals surface area contributed by atoms with Gasteiger partial charge < -0.3 is 14.9 Å². The third-order valence-electron chi connectivity index (χ3n) is 0.540. The zero-order valence-corrected chi connectivity index (χ0v) is 7.20. The minimum absolute atomic E-state index is 0.00565. The van der Waals surface area contributed by atoms with Gasteiger partial charge in [0.2, 0.25) is 0 Å². The molecule has 0 radical (unpaired) electrons. The van der Waals surface area contributed by atoms with E-state index in [0.717, 1.165) is 0 Å². The van der Waals surface area contributed by atoms with E-state index < -0.39 is 5.97 Å². The predicted molar refractivity (Wildman–Crippen MR) is 41.5 cm³/mol. The monoisotopic (exact) mass is 164 g/mol. The van der Waals surface area contributed by atoms with Crippen LogP contribution in [0.1, 0.15) is 20.8 Å². The van der Waals surface area contributed by atoms with Gasteiger partial charge in [-0.1, -0.05) is 0 Å². The fourth-order valence-corrected chi connectivity index (χ4v) is 0.238. The van der Waals surface area contributed by atoms with Crippen molar-refractivity contribution in [2.45, 2.75) is 26.9 Å². The second kappa shape index (κ2) is 9.39. The van der Waals surface area contributed by atoms with Gasteiger partial charge in [-0.3, -0.25) is 0 Å². The van der Waals surface area contributed by atoms with Gasteiger partial charge in [0.25, 0.3) is 0 Å². The fourth-order valence-electron chi connectivity index (χ4n) is 0.238. The fraction of sp³-hybridized carbons (Fsp3) is 0.857. The Kier molecular flexibility index (Phi) is 11.1. The van der Waals surface area contributed by atoms with Crippen LogP contribution >= 0.6 is 0 Å². The molecule has 0 atom stereocenters. The summed E-state index contributed by atoms with van der Waals surface area (Å²) in [5, 5.41) is 15.6. The highest BCUT2D eigenvalue weighted by Crippen LogP contribution is 1.84. The molecule has 0 aliphatic rings. The van der Waals surface area contributed by atoms with Crippen LogP contribution in [0.2, 0.25) is 0 Å². The third-order valence-corrected chi connectivity index (χ3v) is 0.540. The summed E-state index contributed by atoms with van der Waals surface area (Å²) in [4.78, 5) is 9.78. The molecular formula is C7H16O4. The molecule has 0 saturated carbocycles. The van der Waals surface area contributed by atoms with Crippen LogP contribution in [0.3, 0.4) is 0 Å².